The summed E-state index contributed by atoms with van der Waals surface area (Å²) in [6, 6.07) is 0. The Kier molecular flexibility index (Phi) is 4.81. The van der Waals surface area contributed by atoms with Crippen LogP contribution in [0.2, 0.25) is 0 Å². The molecule has 4 unspecified atom stereocenters. The summed E-state index contributed by atoms with van der Waals surface area (Å²) in [5.74, 6) is 0. The number of aliphatic hydroxyl groups is 1. The van der Waals surface area contributed by atoms with Crippen LogP contribution >= 0.6 is 0 Å². The first-order valence-electron chi connectivity index (χ1n) is 5.12. The van der Waals surface area contributed by atoms with Crippen molar-refractivity contribution in [2.75, 3.05) is 19.8 Å². The molecule has 0 aromatic carbocycles. The highest BCUT2D eigenvalue weighted by Gasteiger charge is 2.24. The third-order valence-corrected chi connectivity index (χ3v) is 2.21. The number of rotatable bonds is 7. The van der Waals surface area contributed by atoms with Gasteiger partial charge in [-0.15, -0.1) is 0 Å². The summed E-state index contributed by atoms with van der Waals surface area (Å²) in [4.78, 5) is 0. The van der Waals surface area contributed by atoms with E-state index in [9.17, 15) is 0 Å². The van der Waals surface area contributed by atoms with Crippen molar-refractivity contribution in [3.63, 3.8) is 0 Å². The van der Waals surface area contributed by atoms with Crippen LogP contribution in [0.1, 0.15) is 20.8 Å². The molecule has 4 heteroatoms. The average Bonchev–Trinajstić information content (AvgIpc) is 2.93. The summed E-state index contributed by atoms with van der Waals surface area (Å²) in [7, 11) is 0. The quantitative estimate of drug-likeness (QED) is 0.616. The van der Waals surface area contributed by atoms with Gasteiger partial charge in [0.2, 0.25) is 0 Å². The molecule has 1 rings (SSSR count). The molecule has 0 bridgehead atoms. The molecule has 0 radical (unpaired) electrons. The second-order valence-electron chi connectivity index (χ2n) is 3.88. The van der Waals surface area contributed by atoms with Gasteiger partial charge in [0.15, 0.2) is 0 Å². The molecule has 1 N–H and O–H groups in total. The zero-order valence-corrected chi connectivity index (χ0v) is 9.10. The zero-order chi connectivity index (χ0) is 10.6. The smallest absolute Gasteiger partial charge is 0.104 e. The van der Waals surface area contributed by atoms with E-state index in [2.05, 4.69) is 0 Å². The van der Waals surface area contributed by atoms with E-state index >= 15 is 0 Å². The van der Waals surface area contributed by atoms with Crippen molar-refractivity contribution < 1.29 is 19.3 Å². The van der Waals surface area contributed by atoms with Crippen LogP contribution in [-0.2, 0) is 14.2 Å². The largest absolute Gasteiger partial charge is 0.391 e. The molecule has 84 valence electrons. The van der Waals surface area contributed by atoms with Gasteiger partial charge >= 0.3 is 0 Å². The fourth-order valence-electron chi connectivity index (χ4n) is 0.985. The van der Waals surface area contributed by atoms with Crippen molar-refractivity contribution >= 4 is 0 Å². The summed E-state index contributed by atoms with van der Waals surface area (Å²) < 4.78 is 16.0. The van der Waals surface area contributed by atoms with Gasteiger partial charge in [-0.05, 0) is 20.8 Å². The molecular weight excluding hydrogens is 184 g/mol. The Labute approximate surface area is 85.2 Å². The SMILES string of the molecule is CC(O)COC(C)C(C)OCC1CO1. The van der Waals surface area contributed by atoms with Gasteiger partial charge in [0.1, 0.15) is 6.10 Å². The standard InChI is InChI=1S/C10H20O4/c1-7(11)4-12-8(2)9(3)13-5-10-6-14-10/h7-11H,4-6H2,1-3H3. The molecule has 14 heavy (non-hydrogen) atoms. The monoisotopic (exact) mass is 204 g/mol. The minimum Gasteiger partial charge on any atom is -0.391 e. The van der Waals surface area contributed by atoms with Gasteiger partial charge in [-0.3, -0.25) is 0 Å². The summed E-state index contributed by atoms with van der Waals surface area (Å²) in [6.45, 7) is 7.43. The topological polar surface area (TPSA) is 51.2 Å². The molecule has 4 nitrogen and oxygen atoms in total. The molecule has 1 fully saturated rings. The van der Waals surface area contributed by atoms with Crippen molar-refractivity contribution in [1.82, 2.24) is 0 Å². The van der Waals surface area contributed by atoms with E-state index in [0.29, 0.717) is 19.3 Å². The predicted octanol–water partition coefficient (Wildman–Crippen LogP) is 0.576. The van der Waals surface area contributed by atoms with E-state index in [1.165, 1.54) is 0 Å². The first kappa shape index (κ1) is 11.9. The molecule has 0 aliphatic carbocycles. The van der Waals surface area contributed by atoms with Gasteiger partial charge in [-0.1, -0.05) is 0 Å². The minimum absolute atomic E-state index is 0.00310. The molecule has 4 atom stereocenters. The molecule has 1 saturated heterocycles. The Morgan fingerprint density at radius 3 is 2.36 bits per heavy atom. The van der Waals surface area contributed by atoms with Crippen molar-refractivity contribution in [3.05, 3.63) is 0 Å². The van der Waals surface area contributed by atoms with Crippen LogP contribution in [-0.4, -0.2) is 49.3 Å². The Hall–Kier alpha value is -0.160. The Balaban J connectivity index is 2.04. The van der Waals surface area contributed by atoms with E-state index in [-0.39, 0.29) is 12.2 Å². The molecule has 0 spiro atoms. The number of hydrogen-bond acceptors (Lipinski definition) is 4. The fourth-order valence-corrected chi connectivity index (χ4v) is 0.985. The van der Waals surface area contributed by atoms with E-state index in [1.54, 1.807) is 6.92 Å². The van der Waals surface area contributed by atoms with E-state index < -0.39 is 6.10 Å². The summed E-state index contributed by atoms with van der Waals surface area (Å²) in [5.41, 5.74) is 0. The van der Waals surface area contributed by atoms with Crippen LogP contribution in [0.25, 0.3) is 0 Å². The Morgan fingerprint density at radius 1 is 1.29 bits per heavy atom. The maximum atomic E-state index is 9.03. The van der Waals surface area contributed by atoms with Crippen LogP contribution < -0.4 is 0 Å². The zero-order valence-electron chi connectivity index (χ0n) is 9.10. The van der Waals surface area contributed by atoms with Crippen LogP contribution in [0.4, 0.5) is 0 Å². The number of hydrogen-bond donors (Lipinski definition) is 1. The van der Waals surface area contributed by atoms with Gasteiger partial charge in [0.05, 0.1) is 38.1 Å². The third kappa shape index (κ3) is 4.91. The lowest BCUT2D eigenvalue weighted by atomic mass is 10.2. The second-order valence-corrected chi connectivity index (χ2v) is 3.88. The van der Waals surface area contributed by atoms with Gasteiger partial charge in [0.25, 0.3) is 0 Å². The lowest BCUT2D eigenvalue weighted by Gasteiger charge is -2.21. The fraction of sp³-hybridized carbons (Fsp3) is 1.00. The molecule has 0 saturated carbocycles. The predicted molar refractivity (Wildman–Crippen MR) is 52.2 cm³/mol. The summed E-state index contributed by atoms with van der Waals surface area (Å²) >= 11 is 0. The van der Waals surface area contributed by atoms with E-state index in [1.807, 2.05) is 13.8 Å². The van der Waals surface area contributed by atoms with Crippen LogP contribution in [0.15, 0.2) is 0 Å². The van der Waals surface area contributed by atoms with Gasteiger partial charge in [-0.25, -0.2) is 0 Å². The normalized spacial score (nSPS) is 27.0. The second kappa shape index (κ2) is 5.66. The highest BCUT2D eigenvalue weighted by atomic mass is 16.6. The number of epoxide rings is 1. The summed E-state index contributed by atoms with van der Waals surface area (Å²) in [6.07, 6.45) is -0.0841. The molecule has 0 amide bonds. The van der Waals surface area contributed by atoms with E-state index in [4.69, 9.17) is 19.3 Å². The molecule has 1 aliphatic rings. The lowest BCUT2D eigenvalue weighted by molar-refractivity contribution is -0.0769. The van der Waals surface area contributed by atoms with E-state index in [0.717, 1.165) is 6.61 Å². The molecule has 0 aromatic rings. The minimum atomic E-state index is -0.420. The maximum Gasteiger partial charge on any atom is 0.104 e. The highest BCUT2D eigenvalue weighted by Crippen LogP contribution is 2.12. The first-order chi connectivity index (χ1) is 6.59. The van der Waals surface area contributed by atoms with Crippen molar-refractivity contribution in [2.45, 2.75) is 45.2 Å². The van der Waals surface area contributed by atoms with Gasteiger partial charge < -0.3 is 19.3 Å². The summed E-state index contributed by atoms with van der Waals surface area (Å²) in [5, 5.41) is 9.03. The molecule has 1 heterocycles. The van der Waals surface area contributed by atoms with Crippen molar-refractivity contribution in [1.29, 1.82) is 0 Å². The van der Waals surface area contributed by atoms with Gasteiger partial charge in [-0.2, -0.15) is 0 Å². The Bertz CT molecular complexity index is 146. The number of ether oxygens (including phenoxy) is 3. The molecular formula is C10H20O4. The molecule has 1 aliphatic heterocycles. The maximum absolute atomic E-state index is 9.03. The van der Waals surface area contributed by atoms with Crippen LogP contribution in [0.5, 0.6) is 0 Å². The molecule has 0 aromatic heterocycles. The van der Waals surface area contributed by atoms with Crippen LogP contribution in [0, 0.1) is 0 Å². The lowest BCUT2D eigenvalue weighted by Crippen LogP contribution is -2.29. The number of aliphatic hydroxyl groups excluding tert-OH is 1. The van der Waals surface area contributed by atoms with Crippen molar-refractivity contribution in [2.24, 2.45) is 0 Å². The van der Waals surface area contributed by atoms with Crippen LogP contribution in [0.3, 0.4) is 0 Å². The third-order valence-electron chi connectivity index (χ3n) is 2.21. The average molecular weight is 204 g/mol. The first-order valence-corrected chi connectivity index (χ1v) is 5.12. The highest BCUT2D eigenvalue weighted by molar-refractivity contribution is 4.70. The van der Waals surface area contributed by atoms with Gasteiger partial charge in [0, 0.05) is 0 Å². The van der Waals surface area contributed by atoms with Crippen molar-refractivity contribution in [3.8, 4) is 0 Å². The Morgan fingerprint density at radius 2 is 1.86 bits per heavy atom.